The summed E-state index contributed by atoms with van der Waals surface area (Å²) in [6, 6.07) is 17.1. The number of aryl methyl sites for hydroxylation is 1. The normalized spacial score (nSPS) is 10.3. The van der Waals surface area contributed by atoms with Gasteiger partial charge in [0, 0.05) is 16.6 Å². The molecule has 8 heteroatoms. The monoisotopic (exact) mass is 452 g/mol. The summed E-state index contributed by atoms with van der Waals surface area (Å²) < 4.78 is 10.4. The van der Waals surface area contributed by atoms with Crippen molar-refractivity contribution >= 4 is 35.0 Å². The lowest BCUT2D eigenvalue weighted by molar-refractivity contribution is -0.113. The van der Waals surface area contributed by atoms with Gasteiger partial charge in [-0.25, -0.2) is 0 Å². The average Bonchev–Trinajstić information content (AvgIpc) is 2.79. The van der Waals surface area contributed by atoms with Gasteiger partial charge in [-0.1, -0.05) is 18.2 Å². The maximum absolute atomic E-state index is 12.8. The predicted octanol–water partition coefficient (Wildman–Crippen LogP) is 4.70. The Morgan fingerprint density at radius 3 is 2.41 bits per heavy atom. The average molecular weight is 453 g/mol. The van der Waals surface area contributed by atoms with Gasteiger partial charge in [-0.15, -0.1) is 11.8 Å². The van der Waals surface area contributed by atoms with Crippen molar-refractivity contribution in [3.05, 3.63) is 71.8 Å². The Morgan fingerprint density at radius 2 is 1.69 bits per heavy atom. The van der Waals surface area contributed by atoms with Crippen LogP contribution in [0.4, 0.5) is 11.4 Å². The molecule has 166 valence electrons. The van der Waals surface area contributed by atoms with Crippen LogP contribution in [-0.2, 0) is 4.79 Å². The molecule has 0 atom stereocenters. The smallest absolute Gasteiger partial charge is 0.256 e. The lowest BCUT2D eigenvalue weighted by Gasteiger charge is -2.12. The summed E-state index contributed by atoms with van der Waals surface area (Å²) in [6.07, 6.45) is 0. The Bertz CT molecular complexity index is 1130. The largest absolute Gasteiger partial charge is 0.506 e. The van der Waals surface area contributed by atoms with Crippen LogP contribution in [-0.4, -0.2) is 36.9 Å². The van der Waals surface area contributed by atoms with Gasteiger partial charge in [-0.05, 0) is 48.9 Å². The Balaban J connectivity index is 1.66. The van der Waals surface area contributed by atoms with Crippen LogP contribution in [0.15, 0.2) is 65.6 Å². The van der Waals surface area contributed by atoms with Gasteiger partial charge < -0.3 is 25.2 Å². The van der Waals surface area contributed by atoms with E-state index in [1.54, 1.807) is 67.8 Å². The number of nitrogens with one attached hydrogen (secondary N) is 2. The number of hydrogen-bond acceptors (Lipinski definition) is 6. The molecule has 3 N–H and O–H groups in total. The minimum atomic E-state index is -0.368. The van der Waals surface area contributed by atoms with Crippen molar-refractivity contribution in [2.45, 2.75) is 11.8 Å². The number of phenolic OH excluding ortho intramolecular Hbond substituents is 1. The van der Waals surface area contributed by atoms with Gasteiger partial charge in [0.05, 0.1) is 31.2 Å². The number of hydrogen-bond donors (Lipinski definition) is 3. The van der Waals surface area contributed by atoms with E-state index in [4.69, 9.17) is 9.47 Å². The number of thioether (sulfide) groups is 1. The van der Waals surface area contributed by atoms with Crippen LogP contribution in [0.1, 0.15) is 15.9 Å². The molecule has 32 heavy (non-hydrogen) atoms. The first-order valence-corrected chi connectivity index (χ1v) is 10.7. The summed E-state index contributed by atoms with van der Waals surface area (Å²) in [5, 5.41) is 15.6. The summed E-state index contributed by atoms with van der Waals surface area (Å²) in [7, 11) is 3.07. The molecule has 0 aliphatic heterocycles. The highest BCUT2D eigenvalue weighted by molar-refractivity contribution is 8.00. The quantitative estimate of drug-likeness (QED) is 0.339. The van der Waals surface area contributed by atoms with E-state index in [-0.39, 0.29) is 23.3 Å². The molecule has 0 heterocycles. The van der Waals surface area contributed by atoms with Crippen LogP contribution < -0.4 is 20.1 Å². The molecule has 7 nitrogen and oxygen atoms in total. The number of amides is 2. The highest BCUT2D eigenvalue weighted by atomic mass is 32.2. The van der Waals surface area contributed by atoms with E-state index < -0.39 is 0 Å². The maximum atomic E-state index is 12.8. The van der Waals surface area contributed by atoms with Crippen LogP contribution >= 0.6 is 11.8 Å². The first-order valence-electron chi connectivity index (χ1n) is 9.76. The molecule has 0 saturated heterocycles. The molecule has 0 bridgehead atoms. The van der Waals surface area contributed by atoms with Crippen molar-refractivity contribution in [2.24, 2.45) is 0 Å². The Hall–Kier alpha value is -3.65. The molecule has 0 spiro atoms. The van der Waals surface area contributed by atoms with Crippen LogP contribution in [0.3, 0.4) is 0 Å². The molecule has 0 aliphatic carbocycles. The van der Waals surface area contributed by atoms with E-state index in [9.17, 15) is 14.7 Å². The zero-order valence-electron chi connectivity index (χ0n) is 18.0. The minimum absolute atomic E-state index is 0.00205. The fourth-order valence-corrected chi connectivity index (χ4v) is 3.82. The van der Waals surface area contributed by atoms with Gasteiger partial charge in [0.15, 0.2) is 11.5 Å². The zero-order chi connectivity index (χ0) is 23.1. The first-order chi connectivity index (χ1) is 15.4. The number of methoxy groups -OCH3 is 2. The van der Waals surface area contributed by atoms with E-state index in [1.165, 1.54) is 18.9 Å². The van der Waals surface area contributed by atoms with Gasteiger partial charge in [0.25, 0.3) is 5.91 Å². The summed E-state index contributed by atoms with van der Waals surface area (Å²) in [4.78, 5) is 25.9. The molecule has 0 fully saturated rings. The van der Waals surface area contributed by atoms with Gasteiger partial charge in [0.1, 0.15) is 5.75 Å². The lowest BCUT2D eigenvalue weighted by Crippen LogP contribution is -2.16. The number of phenols is 1. The van der Waals surface area contributed by atoms with Crippen molar-refractivity contribution in [3.8, 4) is 17.2 Å². The van der Waals surface area contributed by atoms with E-state index in [0.717, 1.165) is 5.56 Å². The standard InChI is InChI=1S/C24H24N2O5S/c1-15-8-10-18(19(27)12-15)26-24(29)17-6-4-5-7-22(17)32-14-23(28)25-16-9-11-20(30-2)21(13-16)31-3/h4-13,27H,14H2,1-3H3,(H,25,28)(H,26,29). The number of rotatable bonds is 8. The van der Waals surface area contributed by atoms with E-state index in [1.807, 2.05) is 6.92 Å². The van der Waals surface area contributed by atoms with Crippen LogP contribution in [0.25, 0.3) is 0 Å². The van der Waals surface area contributed by atoms with Gasteiger partial charge in [-0.3, -0.25) is 9.59 Å². The Kier molecular flexibility index (Phi) is 7.62. The number of benzene rings is 3. The molecule has 0 aromatic heterocycles. The molecule has 0 unspecified atom stereocenters. The third-order valence-electron chi connectivity index (χ3n) is 4.56. The van der Waals surface area contributed by atoms with Crippen molar-refractivity contribution in [3.63, 3.8) is 0 Å². The summed E-state index contributed by atoms with van der Waals surface area (Å²) in [5.74, 6) is 0.590. The minimum Gasteiger partial charge on any atom is -0.506 e. The number of carbonyl (C=O) groups excluding carboxylic acids is 2. The van der Waals surface area contributed by atoms with Gasteiger partial charge in [0.2, 0.25) is 5.91 Å². The van der Waals surface area contributed by atoms with Crippen molar-refractivity contribution in [1.29, 1.82) is 0 Å². The number of ether oxygens (including phenoxy) is 2. The Morgan fingerprint density at radius 1 is 0.938 bits per heavy atom. The second-order valence-electron chi connectivity index (χ2n) is 6.88. The second kappa shape index (κ2) is 10.6. The van der Waals surface area contributed by atoms with E-state index >= 15 is 0 Å². The predicted molar refractivity (Wildman–Crippen MR) is 126 cm³/mol. The maximum Gasteiger partial charge on any atom is 0.256 e. The molecule has 0 aliphatic rings. The fourth-order valence-electron chi connectivity index (χ4n) is 2.97. The third kappa shape index (κ3) is 5.73. The molecule has 2 amide bonds. The lowest BCUT2D eigenvalue weighted by atomic mass is 10.2. The summed E-state index contributed by atoms with van der Waals surface area (Å²) >= 11 is 1.25. The van der Waals surface area contributed by atoms with Gasteiger partial charge >= 0.3 is 0 Å². The highest BCUT2D eigenvalue weighted by Crippen LogP contribution is 2.30. The van der Waals surface area contributed by atoms with Crippen molar-refractivity contribution in [2.75, 3.05) is 30.6 Å². The SMILES string of the molecule is COc1ccc(NC(=O)CSc2ccccc2C(=O)Nc2ccc(C)cc2O)cc1OC. The van der Waals surface area contributed by atoms with E-state index in [2.05, 4.69) is 10.6 Å². The molecular weight excluding hydrogens is 428 g/mol. The molecular formula is C24H24N2O5S. The van der Waals surface area contributed by atoms with E-state index in [0.29, 0.717) is 33.3 Å². The summed E-state index contributed by atoms with van der Waals surface area (Å²) in [5.41, 5.74) is 2.20. The molecule has 0 radical (unpaired) electrons. The number of anilines is 2. The number of carbonyl (C=O) groups is 2. The fraction of sp³-hybridized carbons (Fsp3) is 0.167. The van der Waals surface area contributed by atoms with Gasteiger partial charge in [-0.2, -0.15) is 0 Å². The summed E-state index contributed by atoms with van der Waals surface area (Å²) in [6.45, 7) is 1.85. The second-order valence-corrected chi connectivity index (χ2v) is 7.89. The van der Waals surface area contributed by atoms with Crippen LogP contribution in [0.5, 0.6) is 17.2 Å². The van der Waals surface area contributed by atoms with Crippen LogP contribution in [0, 0.1) is 6.92 Å². The molecule has 3 aromatic carbocycles. The van der Waals surface area contributed by atoms with Crippen LogP contribution in [0.2, 0.25) is 0 Å². The van der Waals surface area contributed by atoms with Crippen molar-refractivity contribution < 1.29 is 24.2 Å². The molecule has 3 rings (SSSR count). The molecule has 0 saturated carbocycles. The number of aromatic hydroxyl groups is 1. The highest BCUT2D eigenvalue weighted by Gasteiger charge is 2.15. The third-order valence-corrected chi connectivity index (χ3v) is 5.63. The topological polar surface area (TPSA) is 96.9 Å². The molecule has 3 aromatic rings. The van der Waals surface area contributed by atoms with Crippen molar-refractivity contribution in [1.82, 2.24) is 0 Å². The zero-order valence-corrected chi connectivity index (χ0v) is 18.8. The Labute approximate surface area is 190 Å². The first kappa shape index (κ1) is 23.0.